The summed E-state index contributed by atoms with van der Waals surface area (Å²) in [5.74, 6) is 1.06. The standard InChI is InChI=1S/C25H25N3O3S2/c1-27(13-15-7-8-17-12-18(31-3)10-9-16(17)11-15)21(29)14-32-25-26-23-22(24(30)28(25)2)19-5-4-6-20(19)33-23/h7-12H,4-6,13-14H2,1-3H3. The van der Waals surface area contributed by atoms with Crippen molar-refractivity contribution in [1.82, 2.24) is 14.5 Å². The largest absolute Gasteiger partial charge is 0.497 e. The minimum Gasteiger partial charge on any atom is -0.497 e. The van der Waals surface area contributed by atoms with E-state index in [4.69, 9.17) is 9.72 Å². The molecular weight excluding hydrogens is 454 g/mol. The number of methoxy groups -OCH3 is 1. The number of amides is 1. The van der Waals surface area contributed by atoms with Gasteiger partial charge in [-0.05, 0) is 59.4 Å². The molecule has 4 aromatic rings. The number of fused-ring (bicyclic) bond motifs is 4. The van der Waals surface area contributed by atoms with E-state index in [1.165, 1.54) is 22.2 Å². The van der Waals surface area contributed by atoms with E-state index in [0.717, 1.165) is 51.6 Å². The van der Waals surface area contributed by atoms with Gasteiger partial charge in [-0.2, -0.15) is 0 Å². The smallest absolute Gasteiger partial charge is 0.262 e. The number of thioether (sulfide) groups is 1. The molecule has 0 spiro atoms. The third-order valence-corrected chi connectivity index (χ3v) is 8.39. The fraction of sp³-hybridized carbons (Fsp3) is 0.320. The number of benzene rings is 2. The first kappa shape index (κ1) is 22.0. The lowest BCUT2D eigenvalue weighted by Gasteiger charge is -2.18. The number of thiophene rings is 1. The molecule has 6 nitrogen and oxygen atoms in total. The lowest BCUT2D eigenvalue weighted by atomic mass is 10.1. The molecule has 0 saturated heterocycles. The van der Waals surface area contributed by atoms with Gasteiger partial charge in [0.05, 0.1) is 18.2 Å². The Hall–Kier alpha value is -2.84. The van der Waals surface area contributed by atoms with Gasteiger partial charge in [0.15, 0.2) is 5.16 Å². The minimum atomic E-state index is -0.00417. The summed E-state index contributed by atoms with van der Waals surface area (Å²) < 4.78 is 6.87. The number of aryl methyl sites for hydroxylation is 2. The van der Waals surface area contributed by atoms with Crippen molar-refractivity contribution in [3.63, 3.8) is 0 Å². The van der Waals surface area contributed by atoms with Gasteiger partial charge in [-0.3, -0.25) is 14.2 Å². The molecule has 1 aliphatic carbocycles. The predicted molar refractivity (Wildman–Crippen MR) is 135 cm³/mol. The first-order chi connectivity index (χ1) is 15.9. The average molecular weight is 480 g/mol. The summed E-state index contributed by atoms with van der Waals surface area (Å²) in [6, 6.07) is 12.1. The summed E-state index contributed by atoms with van der Waals surface area (Å²) in [5.41, 5.74) is 2.24. The molecule has 0 saturated carbocycles. The number of hydrogen-bond acceptors (Lipinski definition) is 6. The first-order valence-electron chi connectivity index (χ1n) is 10.9. The van der Waals surface area contributed by atoms with Gasteiger partial charge in [0.2, 0.25) is 5.91 Å². The molecule has 0 unspecified atom stereocenters. The zero-order valence-electron chi connectivity index (χ0n) is 18.9. The molecule has 1 amide bonds. The van der Waals surface area contributed by atoms with Crippen LogP contribution in [0.4, 0.5) is 0 Å². The molecule has 0 bridgehead atoms. The zero-order chi connectivity index (χ0) is 23.1. The molecule has 0 atom stereocenters. The molecular formula is C25H25N3O3S2. The van der Waals surface area contributed by atoms with Gasteiger partial charge in [0.25, 0.3) is 5.56 Å². The van der Waals surface area contributed by atoms with Crippen molar-refractivity contribution in [2.45, 2.75) is 31.0 Å². The van der Waals surface area contributed by atoms with E-state index in [1.807, 2.05) is 30.3 Å². The molecule has 170 valence electrons. The normalized spacial score (nSPS) is 12.9. The van der Waals surface area contributed by atoms with Crippen molar-refractivity contribution in [3.8, 4) is 5.75 Å². The van der Waals surface area contributed by atoms with Crippen LogP contribution >= 0.6 is 23.1 Å². The van der Waals surface area contributed by atoms with Crippen molar-refractivity contribution < 1.29 is 9.53 Å². The van der Waals surface area contributed by atoms with Crippen LogP contribution in [0.3, 0.4) is 0 Å². The Morgan fingerprint density at radius 1 is 1.21 bits per heavy atom. The lowest BCUT2D eigenvalue weighted by molar-refractivity contribution is -0.127. The van der Waals surface area contributed by atoms with Gasteiger partial charge < -0.3 is 9.64 Å². The monoisotopic (exact) mass is 479 g/mol. The number of carbonyl (C=O) groups is 1. The van der Waals surface area contributed by atoms with Gasteiger partial charge in [0, 0.05) is 25.5 Å². The summed E-state index contributed by atoms with van der Waals surface area (Å²) in [6.45, 7) is 0.518. The molecule has 2 aromatic heterocycles. The molecule has 5 rings (SSSR count). The Morgan fingerprint density at radius 3 is 2.82 bits per heavy atom. The molecule has 0 radical (unpaired) electrons. The molecule has 1 aliphatic rings. The summed E-state index contributed by atoms with van der Waals surface area (Å²) in [7, 11) is 5.21. The summed E-state index contributed by atoms with van der Waals surface area (Å²) in [4.78, 5) is 34.3. The maximum Gasteiger partial charge on any atom is 0.262 e. The second-order valence-electron chi connectivity index (χ2n) is 8.38. The maximum absolute atomic E-state index is 13.0. The van der Waals surface area contributed by atoms with Crippen LogP contribution in [-0.4, -0.2) is 40.3 Å². The molecule has 2 heterocycles. The van der Waals surface area contributed by atoms with Crippen LogP contribution < -0.4 is 10.3 Å². The van der Waals surface area contributed by atoms with Crippen LogP contribution in [0.5, 0.6) is 5.75 Å². The van der Waals surface area contributed by atoms with Crippen molar-refractivity contribution >= 4 is 50.0 Å². The van der Waals surface area contributed by atoms with Gasteiger partial charge in [0.1, 0.15) is 10.6 Å². The fourth-order valence-electron chi connectivity index (χ4n) is 4.33. The highest BCUT2D eigenvalue weighted by Gasteiger charge is 2.23. The van der Waals surface area contributed by atoms with E-state index in [1.54, 1.807) is 42.0 Å². The second-order valence-corrected chi connectivity index (χ2v) is 10.4. The number of nitrogens with zero attached hydrogens (tertiary/aromatic N) is 3. The minimum absolute atomic E-state index is 0.00199. The highest BCUT2D eigenvalue weighted by atomic mass is 32.2. The highest BCUT2D eigenvalue weighted by molar-refractivity contribution is 7.99. The van der Waals surface area contributed by atoms with Crippen molar-refractivity contribution in [1.29, 1.82) is 0 Å². The number of aromatic nitrogens is 2. The number of hydrogen-bond donors (Lipinski definition) is 0. The Morgan fingerprint density at radius 2 is 2.00 bits per heavy atom. The van der Waals surface area contributed by atoms with Crippen molar-refractivity contribution in [3.05, 3.63) is 62.8 Å². The van der Waals surface area contributed by atoms with Crippen LogP contribution in [0.25, 0.3) is 21.0 Å². The molecule has 0 fully saturated rings. The quantitative estimate of drug-likeness (QED) is 0.303. The van der Waals surface area contributed by atoms with E-state index in [9.17, 15) is 9.59 Å². The average Bonchev–Trinajstić information content (AvgIpc) is 3.40. The molecule has 33 heavy (non-hydrogen) atoms. The molecule has 2 aromatic carbocycles. The third kappa shape index (κ3) is 4.13. The fourth-order valence-corrected chi connectivity index (χ4v) is 6.55. The van der Waals surface area contributed by atoms with Crippen LogP contribution in [0.15, 0.2) is 46.3 Å². The third-order valence-electron chi connectivity index (χ3n) is 6.19. The van der Waals surface area contributed by atoms with E-state index in [0.29, 0.717) is 11.7 Å². The highest BCUT2D eigenvalue weighted by Crippen LogP contribution is 2.35. The van der Waals surface area contributed by atoms with Crippen LogP contribution in [0.2, 0.25) is 0 Å². The SMILES string of the molecule is COc1ccc2cc(CN(C)C(=O)CSc3nc4sc5c(c4c(=O)n3C)CCC5)ccc2c1. The lowest BCUT2D eigenvalue weighted by Crippen LogP contribution is -2.28. The van der Waals surface area contributed by atoms with E-state index >= 15 is 0 Å². The van der Waals surface area contributed by atoms with Crippen LogP contribution in [0, 0.1) is 0 Å². The van der Waals surface area contributed by atoms with Crippen molar-refractivity contribution in [2.75, 3.05) is 19.9 Å². The number of carbonyl (C=O) groups excluding carboxylic acids is 1. The number of rotatable bonds is 6. The van der Waals surface area contributed by atoms with Crippen LogP contribution in [0.1, 0.15) is 22.4 Å². The van der Waals surface area contributed by atoms with Crippen LogP contribution in [-0.2, 0) is 31.2 Å². The topological polar surface area (TPSA) is 64.4 Å². The molecule has 0 N–H and O–H groups in total. The van der Waals surface area contributed by atoms with E-state index in [2.05, 4.69) is 6.07 Å². The number of ether oxygens (including phenoxy) is 1. The first-order valence-corrected chi connectivity index (χ1v) is 12.7. The Bertz CT molecular complexity index is 1440. The van der Waals surface area contributed by atoms with Gasteiger partial charge in [-0.25, -0.2) is 4.98 Å². The summed E-state index contributed by atoms with van der Waals surface area (Å²) in [6.07, 6.45) is 3.11. The van der Waals surface area contributed by atoms with Gasteiger partial charge in [-0.15, -0.1) is 11.3 Å². The van der Waals surface area contributed by atoms with Gasteiger partial charge >= 0.3 is 0 Å². The Kier molecular flexibility index (Phi) is 5.88. The second kappa shape index (κ2) is 8.83. The van der Waals surface area contributed by atoms with Gasteiger partial charge in [-0.1, -0.05) is 30.0 Å². The Labute approximate surface area is 200 Å². The zero-order valence-corrected chi connectivity index (χ0v) is 20.5. The summed E-state index contributed by atoms with van der Waals surface area (Å²) in [5, 5.41) is 3.58. The van der Waals surface area contributed by atoms with E-state index in [-0.39, 0.29) is 17.2 Å². The maximum atomic E-state index is 13.0. The van der Waals surface area contributed by atoms with Crippen molar-refractivity contribution in [2.24, 2.45) is 7.05 Å². The summed E-state index contributed by atoms with van der Waals surface area (Å²) >= 11 is 2.95. The molecule has 0 aliphatic heterocycles. The Balaban J connectivity index is 1.28. The molecule has 8 heteroatoms. The predicted octanol–water partition coefficient (Wildman–Crippen LogP) is 4.40. The van der Waals surface area contributed by atoms with E-state index < -0.39 is 0 Å².